The molecule has 2 aromatic rings. The fourth-order valence-corrected chi connectivity index (χ4v) is 1.83. The summed E-state index contributed by atoms with van der Waals surface area (Å²) in [6, 6.07) is 7.79. The van der Waals surface area contributed by atoms with Crippen LogP contribution in [-0.4, -0.2) is 11.0 Å². The number of rotatable bonds is 1. The Morgan fingerprint density at radius 2 is 1.75 bits per heavy atom. The average molecular weight is 215 g/mol. The number of carbonyl (C=O) groups excluding carboxylic acids is 1. The predicted molar refractivity (Wildman–Crippen MR) is 62.5 cm³/mol. The number of esters is 1. The van der Waals surface area contributed by atoms with Gasteiger partial charge in [-0.05, 0) is 13.8 Å². The molecule has 0 radical (unpaired) electrons. The summed E-state index contributed by atoms with van der Waals surface area (Å²) in [5.74, 6) is 0.243. The minimum Gasteiger partial charge on any atom is -0.424 e. The zero-order chi connectivity index (χ0) is 11.7. The number of fused-ring (bicyclic) bond motifs is 1. The van der Waals surface area contributed by atoms with Gasteiger partial charge >= 0.3 is 5.97 Å². The van der Waals surface area contributed by atoms with Crippen LogP contribution in [0.4, 0.5) is 0 Å². The highest BCUT2D eigenvalue weighted by Crippen LogP contribution is 2.29. The fourth-order valence-electron chi connectivity index (χ4n) is 1.83. The summed E-state index contributed by atoms with van der Waals surface area (Å²) in [6.07, 6.45) is 0. The van der Waals surface area contributed by atoms with Gasteiger partial charge in [-0.3, -0.25) is 9.78 Å². The average Bonchev–Trinajstić information content (AvgIpc) is 2.24. The number of carbonyl (C=O) groups is 1. The van der Waals surface area contributed by atoms with Crippen LogP contribution in [-0.2, 0) is 4.79 Å². The Labute approximate surface area is 94.1 Å². The molecule has 0 saturated carbocycles. The molecule has 1 aromatic carbocycles. The third kappa shape index (κ3) is 1.76. The molecule has 0 fully saturated rings. The van der Waals surface area contributed by atoms with Crippen molar-refractivity contribution in [2.75, 3.05) is 0 Å². The van der Waals surface area contributed by atoms with E-state index in [9.17, 15) is 4.79 Å². The van der Waals surface area contributed by atoms with Crippen molar-refractivity contribution in [3.8, 4) is 5.75 Å². The van der Waals surface area contributed by atoms with Gasteiger partial charge in [-0.25, -0.2) is 0 Å². The Morgan fingerprint density at radius 3 is 2.38 bits per heavy atom. The number of ether oxygens (including phenoxy) is 1. The molecular formula is C13H13NO2. The third-order valence-electron chi connectivity index (χ3n) is 2.47. The van der Waals surface area contributed by atoms with Gasteiger partial charge in [-0.1, -0.05) is 24.3 Å². The molecule has 0 aliphatic rings. The van der Waals surface area contributed by atoms with Crippen LogP contribution in [0.15, 0.2) is 24.3 Å². The molecule has 2 rings (SSSR count). The molecule has 0 aliphatic heterocycles. The van der Waals surface area contributed by atoms with Crippen molar-refractivity contribution in [3.63, 3.8) is 0 Å². The maximum absolute atomic E-state index is 11.0. The summed E-state index contributed by atoms with van der Waals surface area (Å²) in [4.78, 5) is 15.4. The Hall–Kier alpha value is -1.90. The van der Waals surface area contributed by atoms with Crippen molar-refractivity contribution in [1.29, 1.82) is 0 Å². The lowest BCUT2D eigenvalue weighted by atomic mass is 10.1. The van der Waals surface area contributed by atoms with Crippen LogP contribution < -0.4 is 4.74 Å². The largest absolute Gasteiger partial charge is 0.424 e. The van der Waals surface area contributed by atoms with E-state index in [-0.39, 0.29) is 5.97 Å². The summed E-state index contributed by atoms with van der Waals surface area (Å²) >= 11 is 0. The van der Waals surface area contributed by atoms with Gasteiger partial charge in [-0.2, -0.15) is 0 Å². The molecule has 3 heteroatoms. The van der Waals surface area contributed by atoms with Gasteiger partial charge in [0.1, 0.15) is 0 Å². The van der Waals surface area contributed by atoms with Crippen molar-refractivity contribution in [3.05, 3.63) is 35.7 Å². The predicted octanol–water partition coefficient (Wildman–Crippen LogP) is 2.78. The van der Waals surface area contributed by atoms with E-state index >= 15 is 0 Å². The number of hydrogen-bond acceptors (Lipinski definition) is 3. The smallest absolute Gasteiger partial charge is 0.308 e. The van der Waals surface area contributed by atoms with Crippen LogP contribution in [0.5, 0.6) is 5.75 Å². The Morgan fingerprint density at radius 1 is 1.12 bits per heavy atom. The first-order valence-corrected chi connectivity index (χ1v) is 5.14. The quantitative estimate of drug-likeness (QED) is 0.686. The number of aromatic nitrogens is 1. The summed E-state index contributed by atoms with van der Waals surface area (Å²) in [6.45, 7) is 5.19. The van der Waals surface area contributed by atoms with Crippen molar-refractivity contribution >= 4 is 16.7 Å². The molecule has 82 valence electrons. The fraction of sp³-hybridized carbons (Fsp3) is 0.231. The molecule has 0 N–H and O–H groups in total. The van der Waals surface area contributed by atoms with Gasteiger partial charge in [0.05, 0.1) is 5.69 Å². The number of benzene rings is 1. The van der Waals surface area contributed by atoms with E-state index < -0.39 is 0 Å². The zero-order valence-electron chi connectivity index (χ0n) is 9.57. The van der Waals surface area contributed by atoms with E-state index in [1.807, 2.05) is 38.1 Å². The minimum absolute atomic E-state index is 0.320. The lowest BCUT2D eigenvalue weighted by molar-refractivity contribution is -0.131. The molecular weight excluding hydrogens is 202 g/mol. The van der Waals surface area contributed by atoms with E-state index in [0.717, 1.165) is 22.2 Å². The molecule has 1 heterocycles. The topological polar surface area (TPSA) is 39.2 Å². The van der Waals surface area contributed by atoms with Crippen LogP contribution in [0.25, 0.3) is 10.8 Å². The molecule has 0 aliphatic carbocycles. The second-order valence-corrected chi connectivity index (χ2v) is 3.75. The summed E-state index contributed by atoms with van der Waals surface area (Å²) in [5.41, 5.74) is 1.69. The van der Waals surface area contributed by atoms with Crippen LogP contribution in [0.3, 0.4) is 0 Å². The van der Waals surface area contributed by atoms with Crippen molar-refractivity contribution in [2.24, 2.45) is 0 Å². The number of aryl methyl sites for hydroxylation is 2. The monoisotopic (exact) mass is 215 g/mol. The van der Waals surface area contributed by atoms with Crippen molar-refractivity contribution < 1.29 is 9.53 Å². The summed E-state index contributed by atoms with van der Waals surface area (Å²) in [5, 5.41) is 1.95. The molecule has 16 heavy (non-hydrogen) atoms. The normalized spacial score (nSPS) is 10.4. The molecule has 3 nitrogen and oxygen atoms in total. The first-order chi connectivity index (χ1) is 7.59. The van der Waals surface area contributed by atoms with Crippen LogP contribution in [0.2, 0.25) is 0 Å². The highest BCUT2D eigenvalue weighted by atomic mass is 16.5. The maximum atomic E-state index is 11.0. The summed E-state index contributed by atoms with van der Waals surface area (Å²) in [7, 11) is 0. The van der Waals surface area contributed by atoms with E-state index in [0.29, 0.717) is 5.75 Å². The summed E-state index contributed by atoms with van der Waals surface area (Å²) < 4.78 is 5.21. The third-order valence-corrected chi connectivity index (χ3v) is 2.47. The van der Waals surface area contributed by atoms with Crippen molar-refractivity contribution in [2.45, 2.75) is 20.8 Å². The Balaban J connectivity index is 2.76. The maximum Gasteiger partial charge on any atom is 0.308 e. The van der Waals surface area contributed by atoms with E-state index in [1.165, 1.54) is 6.92 Å². The number of pyridine rings is 1. The highest BCUT2D eigenvalue weighted by molar-refractivity contribution is 5.92. The lowest BCUT2D eigenvalue weighted by Crippen LogP contribution is -2.05. The molecule has 0 unspecified atom stereocenters. The Kier molecular flexibility index (Phi) is 2.60. The standard InChI is InChI=1S/C13H13NO2/c1-8-11-6-4-5-7-12(11)13(9(2)14-8)16-10(3)15/h4-7H,1-3H3. The SMILES string of the molecule is CC(=O)Oc1c(C)nc(C)c2ccccc12. The van der Waals surface area contributed by atoms with Crippen LogP contribution >= 0.6 is 0 Å². The van der Waals surface area contributed by atoms with Crippen molar-refractivity contribution in [1.82, 2.24) is 4.98 Å². The molecule has 0 spiro atoms. The second kappa shape index (κ2) is 3.93. The highest BCUT2D eigenvalue weighted by Gasteiger charge is 2.11. The molecule has 0 amide bonds. The van der Waals surface area contributed by atoms with Gasteiger partial charge in [0.2, 0.25) is 0 Å². The lowest BCUT2D eigenvalue weighted by Gasteiger charge is -2.10. The zero-order valence-corrected chi connectivity index (χ0v) is 9.57. The molecule has 0 atom stereocenters. The molecule has 1 aromatic heterocycles. The van der Waals surface area contributed by atoms with Gasteiger partial charge < -0.3 is 4.74 Å². The van der Waals surface area contributed by atoms with E-state index in [2.05, 4.69) is 4.98 Å². The van der Waals surface area contributed by atoms with Crippen LogP contribution in [0.1, 0.15) is 18.3 Å². The van der Waals surface area contributed by atoms with Gasteiger partial charge in [-0.15, -0.1) is 0 Å². The van der Waals surface area contributed by atoms with E-state index in [4.69, 9.17) is 4.74 Å². The minimum atomic E-state index is -0.320. The van der Waals surface area contributed by atoms with Gasteiger partial charge in [0.25, 0.3) is 0 Å². The van der Waals surface area contributed by atoms with Crippen LogP contribution in [0, 0.1) is 13.8 Å². The van der Waals surface area contributed by atoms with Gasteiger partial charge in [0, 0.05) is 23.4 Å². The molecule has 0 bridgehead atoms. The molecule has 0 saturated heterocycles. The van der Waals surface area contributed by atoms with Gasteiger partial charge in [0.15, 0.2) is 5.75 Å². The second-order valence-electron chi connectivity index (χ2n) is 3.75. The van der Waals surface area contributed by atoms with E-state index in [1.54, 1.807) is 0 Å². The Bertz CT molecular complexity index is 561. The number of nitrogens with zero attached hydrogens (tertiary/aromatic N) is 1. The first-order valence-electron chi connectivity index (χ1n) is 5.14. The number of hydrogen-bond donors (Lipinski definition) is 0. The first kappa shape index (κ1) is 10.6.